The van der Waals surface area contributed by atoms with Crippen LogP contribution in [0.25, 0.3) is 10.9 Å². The van der Waals surface area contributed by atoms with Crippen molar-refractivity contribution < 1.29 is 4.79 Å². The normalized spacial score (nSPS) is 16.4. The van der Waals surface area contributed by atoms with Gasteiger partial charge < -0.3 is 15.6 Å². The fourth-order valence-corrected chi connectivity index (χ4v) is 3.43. The Bertz CT molecular complexity index is 873. The van der Waals surface area contributed by atoms with Crippen molar-refractivity contribution in [2.75, 3.05) is 13.1 Å². The minimum Gasteiger partial charge on any atom is -0.351 e. The smallest absolute Gasteiger partial charge is 0.251 e. The first-order chi connectivity index (χ1) is 11.3. The summed E-state index contributed by atoms with van der Waals surface area (Å²) in [6.07, 6.45) is 2.17. The minimum atomic E-state index is -0.00902. The molecule has 4 rings (SSSR count). The molecule has 4 nitrogen and oxygen atoms in total. The first kappa shape index (κ1) is 16.6. The van der Waals surface area contributed by atoms with Crippen LogP contribution in [0.3, 0.4) is 0 Å². The van der Waals surface area contributed by atoms with Crippen LogP contribution in [-0.2, 0) is 6.54 Å². The van der Waals surface area contributed by atoms with Crippen LogP contribution >= 0.6 is 12.4 Å². The van der Waals surface area contributed by atoms with Gasteiger partial charge in [-0.05, 0) is 23.3 Å². The predicted octanol–water partition coefficient (Wildman–Crippen LogP) is 2.90. The Morgan fingerprint density at radius 3 is 2.67 bits per heavy atom. The van der Waals surface area contributed by atoms with Crippen LogP contribution in [0.2, 0.25) is 0 Å². The van der Waals surface area contributed by atoms with E-state index in [1.807, 2.05) is 30.3 Å². The largest absolute Gasteiger partial charge is 0.351 e. The highest BCUT2D eigenvalue weighted by atomic mass is 35.5. The molecule has 3 N–H and O–H groups in total. The third-order valence-electron chi connectivity index (χ3n) is 4.61. The highest BCUT2D eigenvalue weighted by Crippen LogP contribution is 2.32. The maximum atomic E-state index is 12.4. The average Bonchev–Trinajstić information content (AvgIpc) is 2.88. The number of nitrogens with zero attached hydrogens (tertiary/aromatic N) is 1. The molecule has 1 atom stereocenters. The van der Waals surface area contributed by atoms with E-state index in [9.17, 15) is 4.79 Å². The molecule has 0 saturated heterocycles. The minimum absolute atomic E-state index is 0. The summed E-state index contributed by atoms with van der Waals surface area (Å²) in [5.74, 6) is 0.146. The van der Waals surface area contributed by atoms with E-state index in [-0.39, 0.29) is 24.2 Å². The summed E-state index contributed by atoms with van der Waals surface area (Å²) in [4.78, 5) is 12.4. The number of hydrogen-bond acceptors (Lipinski definition) is 2. The third-order valence-corrected chi connectivity index (χ3v) is 4.61. The van der Waals surface area contributed by atoms with Gasteiger partial charge >= 0.3 is 0 Å². The van der Waals surface area contributed by atoms with E-state index in [0.29, 0.717) is 13.1 Å². The zero-order valence-corrected chi connectivity index (χ0v) is 14.1. The summed E-state index contributed by atoms with van der Waals surface area (Å²) < 4.78 is 2.23. The topological polar surface area (TPSA) is 60.0 Å². The molecule has 0 spiro atoms. The van der Waals surface area contributed by atoms with E-state index in [4.69, 9.17) is 5.73 Å². The van der Waals surface area contributed by atoms with Gasteiger partial charge in [0.2, 0.25) is 0 Å². The number of benzene rings is 2. The number of carbonyl (C=O) groups excluding carboxylic acids is 1. The molecule has 0 radical (unpaired) electrons. The summed E-state index contributed by atoms with van der Waals surface area (Å²) in [6.45, 7) is 1.91. The van der Waals surface area contributed by atoms with E-state index in [1.165, 1.54) is 11.1 Å². The summed E-state index contributed by atoms with van der Waals surface area (Å²) in [5.41, 5.74) is 10.2. The van der Waals surface area contributed by atoms with Crippen molar-refractivity contribution in [2.45, 2.75) is 12.5 Å². The number of amides is 1. The van der Waals surface area contributed by atoms with Crippen LogP contribution < -0.4 is 11.1 Å². The predicted molar refractivity (Wildman–Crippen MR) is 98.9 cm³/mol. The Morgan fingerprint density at radius 1 is 1.12 bits per heavy atom. The molecule has 1 aliphatic rings. The number of rotatable bonds is 3. The van der Waals surface area contributed by atoms with Crippen LogP contribution in [0, 0.1) is 0 Å². The van der Waals surface area contributed by atoms with Crippen molar-refractivity contribution in [1.82, 2.24) is 9.88 Å². The monoisotopic (exact) mass is 341 g/mol. The third kappa shape index (κ3) is 2.68. The van der Waals surface area contributed by atoms with Gasteiger partial charge in [0, 0.05) is 48.2 Å². The van der Waals surface area contributed by atoms with Gasteiger partial charge in [-0.1, -0.05) is 36.4 Å². The molecule has 0 bridgehead atoms. The number of hydrogen-bond donors (Lipinski definition) is 2. The molecule has 1 aromatic heterocycles. The highest BCUT2D eigenvalue weighted by molar-refractivity contribution is 6.08. The lowest BCUT2D eigenvalue weighted by molar-refractivity contribution is 0.0955. The molecule has 0 aliphatic carbocycles. The number of nitrogens with two attached hydrogens (primary N) is 1. The van der Waals surface area contributed by atoms with E-state index in [2.05, 4.69) is 34.3 Å². The molecule has 24 heavy (non-hydrogen) atoms. The van der Waals surface area contributed by atoms with Crippen LogP contribution in [0.5, 0.6) is 0 Å². The number of carbonyl (C=O) groups is 1. The van der Waals surface area contributed by atoms with E-state index in [0.717, 1.165) is 23.0 Å². The molecule has 0 fully saturated rings. The molecular formula is C19H20ClN3O. The van der Waals surface area contributed by atoms with Gasteiger partial charge in [0.25, 0.3) is 5.91 Å². The fraction of sp³-hybridized carbons (Fsp3) is 0.211. The van der Waals surface area contributed by atoms with Gasteiger partial charge in [0.05, 0.1) is 0 Å². The fourth-order valence-electron chi connectivity index (χ4n) is 3.43. The second kappa shape index (κ2) is 6.67. The maximum Gasteiger partial charge on any atom is 0.251 e. The zero-order chi connectivity index (χ0) is 15.8. The van der Waals surface area contributed by atoms with Crippen LogP contribution in [0.4, 0.5) is 0 Å². The zero-order valence-electron chi connectivity index (χ0n) is 13.2. The number of halogens is 1. The standard InChI is InChI=1S/C19H19N3O.ClH/c20-9-14-10-21-19(23)15-7-4-8-17-18(15)16(14)12-22(17)11-13-5-2-1-3-6-13;/h1-8,12,14H,9-11,20H2,(H,21,23);1H. The highest BCUT2D eigenvalue weighted by Gasteiger charge is 2.25. The summed E-state index contributed by atoms with van der Waals surface area (Å²) >= 11 is 0. The lowest BCUT2D eigenvalue weighted by Crippen LogP contribution is -2.29. The van der Waals surface area contributed by atoms with Crippen molar-refractivity contribution in [1.29, 1.82) is 0 Å². The second-order valence-electron chi connectivity index (χ2n) is 6.04. The first-order valence-electron chi connectivity index (χ1n) is 7.92. The van der Waals surface area contributed by atoms with Crippen molar-refractivity contribution in [3.8, 4) is 0 Å². The van der Waals surface area contributed by atoms with Crippen LogP contribution in [0.1, 0.15) is 27.4 Å². The molecule has 1 amide bonds. The summed E-state index contributed by atoms with van der Waals surface area (Å²) in [5, 5.41) is 4.03. The van der Waals surface area contributed by atoms with E-state index in [1.54, 1.807) is 0 Å². The Hall–Kier alpha value is -2.30. The number of aromatic nitrogens is 1. The molecule has 0 saturated carbocycles. The molecule has 2 heterocycles. The lowest BCUT2D eigenvalue weighted by Gasteiger charge is -2.12. The Labute approximate surface area is 147 Å². The number of nitrogens with one attached hydrogen (secondary N) is 1. The summed E-state index contributed by atoms with van der Waals surface area (Å²) in [7, 11) is 0. The Balaban J connectivity index is 0.00000169. The molecule has 1 aliphatic heterocycles. The Kier molecular flexibility index (Phi) is 4.60. The molecule has 5 heteroatoms. The van der Waals surface area contributed by atoms with Crippen LogP contribution in [0.15, 0.2) is 54.7 Å². The van der Waals surface area contributed by atoms with Crippen LogP contribution in [-0.4, -0.2) is 23.6 Å². The van der Waals surface area contributed by atoms with Gasteiger partial charge in [-0.2, -0.15) is 0 Å². The molecule has 1 unspecified atom stereocenters. The van der Waals surface area contributed by atoms with E-state index >= 15 is 0 Å². The lowest BCUT2D eigenvalue weighted by atomic mass is 9.98. The van der Waals surface area contributed by atoms with Crippen molar-refractivity contribution in [2.24, 2.45) is 5.73 Å². The van der Waals surface area contributed by atoms with Crippen molar-refractivity contribution in [3.05, 3.63) is 71.4 Å². The average molecular weight is 342 g/mol. The quantitative estimate of drug-likeness (QED) is 0.769. The van der Waals surface area contributed by atoms with Crippen molar-refractivity contribution in [3.63, 3.8) is 0 Å². The molecule has 124 valence electrons. The van der Waals surface area contributed by atoms with Gasteiger partial charge in [0.1, 0.15) is 0 Å². The first-order valence-corrected chi connectivity index (χ1v) is 7.92. The maximum absolute atomic E-state index is 12.4. The van der Waals surface area contributed by atoms with Gasteiger partial charge in [-0.3, -0.25) is 4.79 Å². The molecule has 3 aromatic rings. The Morgan fingerprint density at radius 2 is 1.92 bits per heavy atom. The molecule has 2 aromatic carbocycles. The van der Waals surface area contributed by atoms with Gasteiger partial charge in [0.15, 0.2) is 0 Å². The summed E-state index contributed by atoms with van der Waals surface area (Å²) in [6, 6.07) is 16.3. The van der Waals surface area contributed by atoms with E-state index < -0.39 is 0 Å². The SMILES string of the molecule is Cl.NCC1CNC(=O)c2cccc3c2c1cn3Cc1ccccc1. The van der Waals surface area contributed by atoms with Gasteiger partial charge in [-0.15, -0.1) is 12.4 Å². The van der Waals surface area contributed by atoms with Gasteiger partial charge in [-0.25, -0.2) is 0 Å². The second-order valence-corrected chi connectivity index (χ2v) is 6.04. The van der Waals surface area contributed by atoms with Crippen molar-refractivity contribution >= 4 is 29.2 Å². The molecular weight excluding hydrogens is 322 g/mol.